The molecule has 0 aromatic heterocycles. The van der Waals surface area contributed by atoms with Crippen molar-refractivity contribution in [1.82, 2.24) is 4.31 Å². The lowest BCUT2D eigenvalue weighted by molar-refractivity contribution is 0.522. The van der Waals surface area contributed by atoms with E-state index in [9.17, 15) is 12.8 Å². The Kier molecular flexibility index (Phi) is 2.15. The minimum atomic E-state index is -3.40. The zero-order valence-electron chi connectivity index (χ0n) is 10.1. The first-order chi connectivity index (χ1) is 8.39. The molecule has 96 valence electrons. The van der Waals surface area contributed by atoms with Crippen LogP contribution in [0.1, 0.15) is 18.9 Å². The minimum absolute atomic E-state index is 0.359. The van der Waals surface area contributed by atoms with E-state index in [0.717, 1.165) is 0 Å². The minimum Gasteiger partial charge on any atom is -0.261 e. The average molecular weight is 268 g/mol. The maximum Gasteiger partial charge on any atom is 0.241 e. The predicted octanol–water partition coefficient (Wildman–Crippen LogP) is 1.49. The van der Waals surface area contributed by atoms with Crippen LogP contribution in [0.4, 0.5) is 4.39 Å². The van der Waals surface area contributed by atoms with Gasteiger partial charge in [0.25, 0.3) is 0 Å². The molecule has 0 amide bonds. The van der Waals surface area contributed by atoms with Crippen molar-refractivity contribution in [3.8, 4) is 0 Å². The summed E-state index contributed by atoms with van der Waals surface area (Å²) in [4.78, 5) is 4.42. The fourth-order valence-corrected chi connectivity index (χ4v) is 4.51. The molecular formula is C12H13FN2O2S. The number of amidine groups is 1. The van der Waals surface area contributed by atoms with Gasteiger partial charge < -0.3 is 0 Å². The lowest BCUT2D eigenvalue weighted by Crippen LogP contribution is -2.41. The average Bonchev–Trinajstić information content (AvgIpc) is 3.04. The van der Waals surface area contributed by atoms with E-state index in [-0.39, 0.29) is 0 Å². The van der Waals surface area contributed by atoms with Crippen molar-refractivity contribution in [2.24, 2.45) is 4.99 Å². The molecule has 0 spiro atoms. The van der Waals surface area contributed by atoms with Crippen LogP contribution in [-0.2, 0) is 15.6 Å². The van der Waals surface area contributed by atoms with Crippen LogP contribution in [-0.4, -0.2) is 30.9 Å². The van der Waals surface area contributed by atoms with E-state index in [4.69, 9.17) is 0 Å². The van der Waals surface area contributed by atoms with Gasteiger partial charge in [-0.1, -0.05) is 18.2 Å². The second-order valence-corrected chi connectivity index (χ2v) is 6.92. The standard InChI is InChI=1S/C12H13FN2O2S/c1-8-14-12(9-5-3-4-6-10(9)13)7-11(12)18(16,17)15(8)2/h3-6,11H,7H2,1-2H3. The summed E-state index contributed by atoms with van der Waals surface area (Å²) in [7, 11) is -1.92. The van der Waals surface area contributed by atoms with Gasteiger partial charge >= 0.3 is 0 Å². The zero-order chi connectivity index (χ0) is 13.1. The maximum atomic E-state index is 13.8. The molecule has 1 heterocycles. The molecule has 1 saturated carbocycles. The van der Waals surface area contributed by atoms with E-state index in [2.05, 4.69) is 4.99 Å². The van der Waals surface area contributed by atoms with Crippen molar-refractivity contribution >= 4 is 15.9 Å². The molecule has 1 aromatic rings. The Labute approximate surface area is 105 Å². The van der Waals surface area contributed by atoms with Gasteiger partial charge in [0.1, 0.15) is 22.4 Å². The molecule has 1 fully saturated rings. The van der Waals surface area contributed by atoms with Crippen LogP contribution in [0, 0.1) is 5.82 Å². The number of aliphatic imine (C=N–C) groups is 1. The molecule has 6 heteroatoms. The molecule has 2 aliphatic rings. The first kappa shape index (κ1) is 11.6. The van der Waals surface area contributed by atoms with Gasteiger partial charge in [0.05, 0.1) is 0 Å². The molecule has 4 nitrogen and oxygen atoms in total. The van der Waals surface area contributed by atoms with E-state index < -0.39 is 26.6 Å². The lowest BCUT2D eigenvalue weighted by Gasteiger charge is -2.27. The zero-order valence-corrected chi connectivity index (χ0v) is 10.9. The first-order valence-corrected chi connectivity index (χ1v) is 7.19. The van der Waals surface area contributed by atoms with Crippen molar-refractivity contribution in [2.45, 2.75) is 24.1 Å². The number of rotatable bonds is 1. The van der Waals surface area contributed by atoms with Crippen molar-refractivity contribution in [3.05, 3.63) is 35.6 Å². The molecule has 18 heavy (non-hydrogen) atoms. The van der Waals surface area contributed by atoms with Crippen LogP contribution >= 0.6 is 0 Å². The van der Waals surface area contributed by atoms with Crippen LogP contribution in [0.15, 0.2) is 29.3 Å². The quantitative estimate of drug-likeness (QED) is 0.774. The summed E-state index contributed by atoms with van der Waals surface area (Å²) < 4.78 is 39.4. The van der Waals surface area contributed by atoms with Gasteiger partial charge in [-0.15, -0.1) is 0 Å². The van der Waals surface area contributed by atoms with Gasteiger partial charge in [0.2, 0.25) is 10.0 Å². The van der Waals surface area contributed by atoms with Gasteiger partial charge in [-0.05, 0) is 19.4 Å². The van der Waals surface area contributed by atoms with Crippen LogP contribution in [0.5, 0.6) is 0 Å². The first-order valence-electron chi connectivity index (χ1n) is 5.69. The third-order valence-electron chi connectivity index (χ3n) is 3.77. The Balaban J connectivity index is 2.19. The molecule has 1 aliphatic heterocycles. The van der Waals surface area contributed by atoms with Gasteiger partial charge in [0.15, 0.2) is 0 Å². The molecule has 2 unspecified atom stereocenters. The molecule has 1 aromatic carbocycles. The van der Waals surface area contributed by atoms with Crippen molar-refractivity contribution in [1.29, 1.82) is 0 Å². The van der Waals surface area contributed by atoms with Crippen LogP contribution in [0.3, 0.4) is 0 Å². The number of hydrogen-bond donors (Lipinski definition) is 0. The summed E-state index contributed by atoms with van der Waals surface area (Å²) in [5.74, 6) is 0.0170. The third-order valence-corrected chi connectivity index (χ3v) is 6.07. The summed E-state index contributed by atoms with van der Waals surface area (Å²) in [5, 5.41) is -0.629. The fraction of sp³-hybridized carbons (Fsp3) is 0.417. The molecule has 0 bridgehead atoms. The fourth-order valence-electron chi connectivity index (χ4n) is 2.58. The smallest absolute Gasteiger partial charge is 0.241 e. The number of sulfonamides is 1. The summed E-state index contributed by atoms with van der Waals surface area (Å²) >= 11 is 0. The van der Waals surface area contributed by atoms with E-state index in [1.54, 1.807) is 25.1 Å². The van der Waals surface area contributed by atoms with E-state index in [1.165, 1.54) is 17.4 Å². The summed E-state index contributed by atoms with van der Waals surface area (Å²) in [6, 6.07) is 6.26. The molecule has 1 aliphatic carbocycles. The monoisotopic (exact) mass is 268 g/mol. The lowest BCUT2D eigenvalue weighted by atomic mass is 10.0. The molecular weight excluding hydrogens is 255 g/mol. The Morgan fingerprint density at radius 2 is 2.11 bits per heavy atom. The van der Waals surface area contributed by atoms with Crippen LogP contribution < -0.4 is 0 Å². The third kappa shape index (κ3) is 1.29. The number of benzene rings is 1. The summed E-state index contributed by atoms with van der Waals surface area (Å²) in [6.07, 6.45) is 0.359. The molecule has 0 N–H and O–H groups in total. The van der Waals surface area contributed by atoms with Crippen LogP contribution in [0.25, 0.3) is 0 Å². The Morgan fingerprint density at radius 1 is 1.44 bits per heavy atom. The highest BCUT2D eigenvalue weighted by molar-refractivity contribution is 7.90. The highest BCUT2D eigenvalue weighted by Gasteiger charge is 2.67. The normalized spacial score (nSPS) is 32.7. The second-order valence-electron chi connectivity index (χ2n) is 4.77. The van der Waals surface area contributed by atoms with Gasteiger partial charge in [0, 0.05) is 12.6 Å². The Morgan fingerprint density at radius 3 is 2.78 bits per heavy atom. The Bertz CT molecular complexity index is 656. The van der Waals surface area contributed by atoms with Crippen molar-refractivity contribution in [2.75, 3.05) is 7.05 Å². The van der Waals surface area contributed by atoms with E-state index in [0.29, 0.717) is 17.8 Å². The molecule has 0 saturated heterocycles. The van der Waals surface area contributed by atoms with E-state index >= 15 is 0 Å². The molecule has 0 radical (unpaired) electrons. The molecule has 2 atom stereocenters. The van der Waals surface area contributed by atoms with Gasteiger partial charge in [-0.2, -0.15) is 0 Å². The largest absolute Gasteiger partial charge is 0.261 e. The highest BCUT2D eigenvalue weighted by atomic mass is 32.2. The highest BCUT2D eigenvalue weighted by Crippen LogP contribution is 2.57. The summed E-state index contributed by atoms with van der Waals surface area (Å²) in [5.41, 5.74) is -0.521. The Hall–Kier alpha value is -1.43. The SMILES string of the molecule is CC1=NC2(c3ccccc3F)CC2S(=O)(=O)N1C. The van der Waals surface area contributed by atoms with Crippen LogP contribution in [0.2, 0.25) is 0 Å². The number of halogens is 1. The van der Waals surface area contributed by atoms with Gasteiger partial charge in [-0.3, -0.25) is 9.30 Å². The van der Waals surface area contributed by atoms with Crippen molar-refractivity contribution < 1.29 is 12.8 Å². The van der Waals surface area contributed by atoms with Crippen molar-refractivity contribution in [3.63, 3.8) is 0 Å². The summed E-state index contributed by atoms with van der Waals surface area (Å²) in [6.45, 7) is 1.63. The number of nitrogens with zero attached hydrogens (tertiary/aromatic N) is 2. The second kappa shape index (κ2) is 3.32. The number of fused-ring (bicyclic) bond motifs is 1. The predicted molar refractivity (Wildman–Crippen MR) is 66.3 cm³/mol. The molecule has 3 rings (SSSR count). The van der Waals surface area contributed by atoms with E-state index in [1.807, 2.05) is 0 Å². The topological polar surface area (TPSA) is 49.7 Å². The number of hydrogen-bond acceptors (Lipinski definition) is 3. The van der Waals surface area contributed by atoms with Gasteiger partial charge in [-0.25, -0.2) is 12.8 Å². The maximum absolute atomic E-state index is 13.8.